The van der Waals surface area contributed by atoms with E-state index in [-0.39, 0.29) is 5.82 Å². The molecule has 0 spiro atoms. The van der Waals surface area contributed by atoms with Gasteiger partial charge in [-0.15, -0.1) is 0 Å². The molecule has 0 saturated carbocycles. The van der Waals surface area contributed by atoms with Gasteiger partial charge in [0.1, 0.15) is 5.82 Å². The van der Waals surface area contributed by atoms with Gasteiger partial charge in [0.15, 0.2) is 0 Å². The van der Waals surface area contributed by atoms with Crippen LogP contribution in [0, 0.1) is 5.82 Å². The van der Waals surface area contributed by atoms with Crippen molar-refractivity contribution in [2.24, 2.45) is 0 Å². The maximum Gasteiger partial charge on any atom is 0.123 e. The number of aliphatic hydroxyl groups excluding tert-OH is 1. The minimum absolute atomic E-state index is 0.270. The van der Waals surface area contributed by atoms with Crippen molar-refractivity contribution in [1.29, 1.82) is 0 Å². The highest BCUT2D eigenvalue weighted by Crippen LogP contribution is 2.20. The third-order valence-electron chi connectivity index (χ3n) is 5.03. The monoisotopic (exact) mass is 346 g/mol. The first-order valence-electron chi connectivity index (χ1n) is 9.03. The van der Waals surface area contributed by atoms with Gasteiger partial charge >= 0.3 is 0 Å². The Bertz CT molecular complexity index is 631. The first kappa shape index (κ1) is 18.0. The molecule has 0 aliphatic carbocycles. The molecule has 2 aromatic rings. The average Bonchev–Trinajstić information content (AvgIpc) is 3.15. The third-order valence-corrected chi connectivity index (χ3v) is 5.03. The Hall–Kier alpha value is -1.76. The number of nitrogens with zero attached hydrogens (tertiary/aromatic N) is 4. The molecule has 1 aliphatic rings. The third kappa shape index (κ3) is 4.87. The summed E-state index contributed by atoms with van der Waals surface area (Å²) in [6.07, 6.45) is 4.27. The van der Waals surface area contributed by atoms with Gasteiger partial charge in [-0.05, 0) is 30.2 Å². The summed E-state index contributed by atoms with van der Waals surface area (Å²) in [7, 11) is 0. The smallest absolute Gasteiger partial charge is 0.123 e. The Balaban J connectivity index is 1.52. The molecule has 0 amide bonds. The molecule has 1 fully saturated rings. The molecule has 2 atom stereocenters. The molecule has 1 aromatic carbocycles. The molecule has 136 valence electrons. The molecule has 3 rings (SSSR count). The van der Waals surface area contributed by atoms with E-state index in [1.807, 2.05) is 23.1 Å². The molecular weight excluding hydrogens is 319 g/mol. The fourth-order valence-electron chi connectivity index (χ4n) is 3.48. The minimum Gasteiger partial charge on any atom is -0.387 e. The van der Waals surface area contributed by atoms with E-state index in [0.29, 0.717) is 12.6 Å². The van der Waals surface area contributed by atoms with Crippen molar-refractivity contribution in [3.63, 3.8) is 0 Å². The first-order chi connectivity index (χ1) is 12.2. The Morgan fingerprint density at radius 3 is 2.72 bits per heavy atom. The van der Waals surface area contributed by atoms with E-state index in [1.54, 1.807) is 12.1 Å². The SMILES string of the molecule is CC[C@@H]1CN(CCn2cccn2)CCN1C[C@@H](O)c1ccc(F)cc1. The van der Waals surface area contributed by atoms with Gasteiger partial charge in [-0.25, -0.2) is 4.39 Å². The van der Waals surface area contributed by atoms with Crippen molar-refractivity contribution in [1.82, 2.24) is 19.6 Å². The molecule has 2 heterocycles. The fraction of sp³-hybridized carbons (Fsp3) is 0.526. The molecule has 25 heavy (non-hydrogen) atoms. The molecule has 1 aliphatic heterocycles. The van der Waals surface area contributed by atoms with Crippen LogP contribution in [0.4, 0.5) is 4.39 Å². The van der Waals surface area contributed by atoms with Gasteiger partial charge in [-0.3, -0.25) is 14.5 Å². The highest BCUT2D eigenvalue weighted by Gasteiger charge is 2.27. The standard InChI is InChI=1S/C19H27FN4O/c1-2-18-14-22(11-13-24-9-3-8-21-24)10-12-23(18)15-19(25)16-4-6-17(20)7-5-16/h3-9,18-19,25H,2,10-15H2,1H3/t18-,19-/m1/s1. The maximum absolute atomic E-state index is 13.0. The molecule has 5 nitrogen and oxygen atoms in total. The van der Waals surface area contributed by atoms with E-state index in [9.17, 15) is 9.50 Å². The van der Waals surface area contributed by atoms with Gasteiger partial charge in [-0.2, -0.15) is 5.10 Å². The zero-order valence-corrected chi connectivity index (χ0v) is 14.8. The summed E-state index contributed by atoms with van der Waals surface area (Å²) in [4.78, 5) is 4.83. The van der Waals surface area contributed by atoms with Crippen LogP contribution in [0.3, 0.4) is 0 Å². The lowest BCUT2D eigenvalue weighted by atomic mass is 10.1. The topological polar surface area (TPSA) is 44.5 Å². The summed E-state index contributed by atoms with van der Waals surface area (Å²) in [5.41, 5.74) is 0.775. The van der Waals surface area contributed by atoms with Crippen LogP contribution < -0.4 is 0 Å². The van der Waals surface area contributed by atoms with Crippen LogP contribution in [0.25, 0.3) is 0 Å². The molecular formula is C19H27FN4O. The van der Waals surface area contributed by atoms with E-state index >= 15 is 0 Å². The second-order valence-electron chi connectivity index (χ2n) is 6.69. The number of piperazine rings is 1. The molecule has 0 bridgehead atoms. The number of halogens is 1. The largest absolute Gasteiger partial charge is 0.387 e. The molecule has 0 radical (unpaired) electrons. The Labute approximate surface area is 148 Å². The minimum atomic E-state index is -0.578. The van der Waals surface area contributed by atoms with Crippen LogP contribution in [-0.2, 0) is 6.54 Å². The van der Waals surface area contributed by atoms with Crippen LogP contribution >= 0.6 is 0 Å². The van der Waals surface area contributed by atoms with Crippen LogP contribution in [-0.4, -0.2) is 63.5 Å². The first-order valence-corrected chi connectivity index (χ1v) is 9.03. The van der Waals surface area contributed by atoms with Crippen molar-refractivity contribution in [3.8, 4) is 0 Å². The summed E-state index contributed by atoms with van der Waals surface area (Å²) in [5.74, 6) is -0.270. The Morgan fingerprint density at radius 2 is 2.04 bits per heavy atom. The summed E-state index contributed by atoms with van der Waals surface area (Å²) in [6, 6.07) is 8.53. The van der Waals surface area contributed by atoms with Crippen molar-refractivity contribution in [2.45, 2.75) is 32.0 Å². The van der Waals surface area contributed by atoms with Crippen LogP contribution in [0.15, 0.2) is 42.7 Å². The predicted octanol–water partition coefficient (Wildman–Crippen LogP) is 2.15. The summed E-state index contributed by atoms with van der Waals surface area (Å²) in [6.45, 7) is 7.63. The predicted molar refractivity (Wildman–Crippen MR) is 95.7 cm³/mol. The van der Waals surface area contributed by atoms with Crippen LogP contribution in [0.2, 0.25) is 0 Å². The number of aliphatic hydroxyl groups is 1. The summed E-state index contributed by atoms with van der Waals surface area (Å²) >= 11 is 0. The quantitative estimate of drug-likeness (QED) is 0.834. The van der Waals surface area contributed by atoms with Gasteiger partial charge in [-0.1, -0.05) is 19.1 Å². The highest BCUT2D eigenvalue weighted by molar-refractivity contribution is 5.18. The van der Waals surface area contributed by atoms with Gasteiger partial charge < -0.3 is 5.11 Å². The molecule has 1 N–H and O–H groups in total. The lowest BCUT2D eigenvalue weighted by molar-refractivity contribution is 0.0294. The van der Waals surface area contributed by atoms with Gasteiger partial charge in [0.25, 0.3) is 0 Å². The van der Waals surface area contributed by atoms with E-state index < -0.39 is 6.10 Å². The number of hydrogen-bond acceptors (Lipinski definition) is 4. The molecule has 6 heteroatoms. The summed E-state index contributed by atoms with van der Waals surface area (Å²) < 4.78 is 15.0. The number of benzene rings is 1. The van der Waals surface area contributed by atoms with Crippen molar-refractivity contribution < 1.29 is 9.50 Å². The zero-order chi connectivity index (χ0) is 17.6. The van der Waals surface area contributed by atoms with Crippen molar-refractivity contribution in [3.05, 3.63) is 54.1 Å². The second kappa shape index (κ2) is 8.56. The lowest BCUT2D eigenvalue weighted by Gasteiger charge is -2.42. The lowest BCUT2D eigenvalue weighted by Crippen LogP contribution is -2.54. The normalized spacial score (nSPS) is 20.7. The second-order valence-corrected chi connectivity index (χ2v) is 6.69. The van der Waals surface area contributed by atoms with E-state index in [0.717, 1.165) is 44.7 Å². The van der Waals surface area contributed by atoms with Crippen LogP contribution in [0.1, 0.15) is 25.0 Å². The molecule has 0 unspecified atom stereocenters. The van der Waals surface area contributed by atoms with Gasteiger partial charge in [0, 0.05) is 51.2 Å². The highest BCUT2D eigenvalue weighted by atomic mass is 19.1. The van der Waals surface area contributed by atoms with Gasteiger partial charge in [0.2, 0.25) is 0 Å². The number of rotatable bonds is 7. The Morgan fingerprint density at radius 1 is 1.24 bits per heavy atom. The van der Waals surface area contributed by atoms with E-state index in [4.69, 9.17) is 0 Å². The van der Waals surface area contributed by atoms with Gasteiger partial charge in [0.05, 0.1) is 12.6 Å². The van der Waals surface area contributed by atoms with E-state index in [1.165, 1.54) is 12.1 Å². The number of hydrogen-bond donors (Lipinski definition) is 1. The molecule has 1 aromatic heterocycles. The van der Waals surface area contributed by atoms with Crippen molar-refractivity contribution >= 4 is 0 Å². The summed E-state index contributed by atoms with van der Waals surface area (Å²) in [5, 5.41) is 14.7. The number of aromatic nitrogens is 2. The fourth-order valence-corrected chi connectivity index (χ4v) is 3.48. The number of β-amino-alcohol motifs (C(OH)–C–C–N with tert-alkyl or cyclic N) is 1. The van der Waals surface area contributed by atoms with Crippen LogP contribution in [0.5, 0.6) is 0 Å². The maximum atomic E-state index is 13.0. The van der Waals surface area contributed by atoms with Crippen molar-refractivity contribution in [2.75, 3.05) is 32.7 Å². The molecule has 1 saturated heterocycles. The average molecular weight is 346 g/mol. The zero-order valence-electron chi connectivity index (χ0n) is 14.8. The van der Waals surface area contributed by atoms with E-state index in [2.05, 4.69) is 21.8 Å². The Kier molecular flexibility index (Phi) is 6.18.